The molecule has 0 aliphatic carbocycles. The van der Waals surface area contributed by atoms with Crippen molar-refractivity contribution in [3.8, 4) is 0 Å². The lowest BCUT2D eigenvalue weighted by atomic mass is 9.99. The Labute approximate surface area is 138 Å². The normalized spacial score (nSPS) is 18.2. The van der Waals surface area contributed by atoms with Crippen LogP contribution in [-0.2, 0) is 4.79 Å². The molecule has 0 radical (unpaired) electrons. The maximum absolute atomic E-state index is 12.5. The average Bonchev–Trinajstić information content (AvgIpc) is 2.85. The van der Waals surface area contributed by atoms with Crippen molar-refractivity contribution < 1.29 is 14.8 Å². The Morgan fingerprint density at radius 2 is 1.92 bits per heavy atom. The van der Waals surface area contributed by atoms with Gasteiger partial charge in [-0.2, -0.15) is 5.06 Å². The number of carbonyl (C=O) groups is 2. The number of hydrogen-bond acceptors (Lipinski definition) is 4. The van der Waals surface area contributed by atoms with Crippen molar-refractivity contribution in [2.24, 2.45) is 0 Å². The molecule has 0 bridgehead atoms. The zero-order valence-electron chi connectivity index (χ0n) is 12.9. The van der Waals surface area contributed by atoms with Gasteiger partial charge in [0.25, 0.3) is 5.91 Å². The van der Waals surface area contributed by atoms with Crippen LogP contribution in [0.1, 0.15) is 28.4 Å². The molecule has 2 heterocycles. The molecule has 118 valence electrons. The van der Waals surface area contributed by atoms with Crippen LogP contribution in [0.5, 0.6) is 0 Å². The summed E-state index contributed by atoms with van der Waals surface area (Å²) in [7, 11) is 0. The summed E-state index contributed by atoms with van der Waals surface area (Å²) >= 11 is 0. The Morgan fingerprint density at radius 1 is 1.12 bits per heavy atom. The Kier molecular flexibility index (Phi) is 3.11. The number of fused-ring (bicyclic) bond motifs is 2. The van der Waals surface area contributed by atoms with E-state index in [0.717, 1.165) is 11.3 Å². The molecule has 1 amide bonds. The molecule has 2 N–H and O–H groups in total. The fraction of sp³-hybridized carbons (Fsp3) is 0.0526. The highest BCUT2D eigenvalue weighted by Crippen LogP contribution is 2.40. The van der Waals surface area contributed by atoms with Crippen molar-refractivity contribution in [2.75, 3.05) is 10.4 Å². The fourth-order valence-corrected chi connectivity index (χ4v) is 2.99. The molecule has 2 aromatic carbocycles. The van der Waals surface area contributed by atoms with Crippen molar-refractivity contribution >= 4 is 34.7 Å². The number of benzene rings is 2. The van der Waals surface area contributed by atoms with Gasteiger partial charge in [0.1, 0.15) is 0 Å². The molecule has 0 saturated heterocycles. The van der Waals surface area contributed by atoms with Gasteiger partial charge in [0.15, 0.2) is 5.78 Å². The van der Waals surface area contributed by atoms with Gasteiger partial charge in [-0.05, 0) is 30.7 Å². The topological polar surface area (TPSA) is 69.6 Å². The van der Waals surface area contributed by atoms with Crippen LogP contribution in [0.25, 0.3) is 11.6 Å². The molecular weight excluding hydrogens is 304 g/mol. The third-order valence-corrected chi connectivity index (χ3v) is 4.24. The van der Waals surface area contributed by atoms with E-state index in [9.17, 15) is 14.8 Å². The Bertz CT molecular complexity index is 957. The summed E-state index contributed by atoms with van der Waals surface area (Å²) in [4.78, 5) is 24.0. The van der Waals surface area contributed by atoms with Gasteiger partial charge in [-0.15, -0.1) is 0 Å². The van der Waals surface area contributed by atoms with Crippen LogP contribution in [0.2, 0.25) is 0 Å². The zero-order chi connectivity index (χ0) is 16.8. The summed E-state index contributed by atoms with van der Waals surface area (Å²) in [5.74, 6) is -0.637. The standard InChI is InChI=1S/C19H14N2O3/c1-11(22)13-6-8-14-17(10-13)21(24)19(23)18(14)16-9-7-12-4-2-3-5-15(12)20-16/h2-10,20,24H,1H3. The van der Waals surface area contributed by atoms with Crippen molar-refractivity contribution in [1.82, 2.24) is 0 Å². The molecule has 0 aromatic heterocycles. The highest BCUT2D eigenvalue weighted by atomic mass is 16.5. The van der Waals surface area contributed by atoms with E-state index in [1.807, 2.05) is 36.4 Å². The SMILES string of the molecule is CC(=O)c1ccc2c(c1)N(O)C(=O)C2=C1C=Cc2ccccc2N1. The average molecular weight is 318 g/mol. The molecule has 4 rings (SSSR count). The highest BCUT2D eigenvalue weighted by molar-refractivity contribution is 6.33. The van der Waals surface area contributed by atoms with Crippen LogP contribution in [0, 0.1) is 0 Å². The summed E-state index contributed by atoms with van der Waals surface area (Å²) in [5.41, 5.74) is 4.29. The summed E-state index contributed by atoms with van der Waals surface area (Å²) in [6.45, 7) is 1.45. The van der Waals surface area contributed by atoms with Crippen molar-refractivity contribution in [3.05, 3.63) is 70.9 Å². The third kappa shape index (κ3) is 2.06. The molecular formula is C19H14N2O3. The number of Topliss-reactive ketones (excluding diaryl/α,β-unsaturated/α-hetero) is 1. The fourth-order valence-electron chi connectivity index (χ4n) is 2.99. The maximum atomic E-state index is 12.5. The number of hydrogen-bond donors (Lipinski definition) is 2. The monoisotopic (exact) mass is 318 g/mol. The molecule has 5 nitrogen and oxygen atoms in total. The number of para-hydroxylation sites is 1. The number of anilines is 2. The van der Waals surface area contributed by atoms with Gasteiger partial charge in [0, 0.05) is 16.8 Å². The van der Waals surface area contributed by atoms with E-state index < -0.39 is 5.91 Å². The van der Waals surface area contributed by atoms with E-state index in [2.05, 4.69) is 5.32 Å². The van der Waals surface area contributed by atoms with Gasteiger partial charge in [0.2, 0.25) is 0 Å². The second-order valence-corrected chi connectivity index (χ2v) is 5.74. The summed E-state index contributed by atoms with van der Waals surface area (Å²) in [6.07, 6.45) is 3.74. The minimum atomic E-state index is -0.516. The summed E-state index contributed by atoms with van der Waals surface area (Å²) in [5, 5.41) is 14.0. The number of hydroxylamine groups is 1. The molecule has 0 unspecified atom stereocenters. The van der Waals surface area contributed by atoms with Crippen LogP contribution >= 0.6 is 0 Å². The molecule has 0 saturated carbocycles. The predicted molar refractivity (Wildman–Crippen MR) is 91.7 cm³/mol. The van der Waals surface area contributed by atoms with Gasteiger partial charge in [-0.25, -0.2) is 0 Å². The van der Waals surface area contributed by atoms with E-state index in [4.69, 9.17) is 0 Å². The Hall–Kier alpha value is -3.18. The van der Waals surface area contributed by atoms with Gasteiger partial charge in [0.05, 0.1) is 17.0 Å². The third-order valence-electron chi connectivity index (χ3n) is 4.24. The molecule has 2 aromatic rings. The second kappa shape index (κ2) is 5.18. The van der Waals surface area contributed by atoms with Crippen molar-refractivity contribution in [2.45, 2.75) is 6.92 Å². The highest BCUT2D eigenvalue weighted by Gasteiger charge is 2.34. The lowest BCUT2D eigenvalue weighted by Crippen LogP contribution is -2.22. The van der Waals surface area contributed by atoms with E-state index in [1.165, 1.54) is 13.0 Å². The predicted octanol–water partition coefficient (Wildman–Crippen LogP) is 3.48. The molecule has 0 fully saturated rings. The maximum Gasteiger partial charge on any atom is 0.284 e. The first kappa shape index (κ1) is 14.4. The molecule has 24 heavy (non-hydrogen) atoms. The molecule has 2 aliphatic rings. The van der Waals surface area contributed by atoms with Crippen molar-refractivity contribution in [1.29, 1.82) is 0 Å². The molecule has 0 atom stereocenters. The van der Waals surface area contributed by atoms with Crippen molar-refractivity contribution in [3.63, 3.8) is 0 Å². The summed E-state index contributed by atoms with van der Waals surface area (Å²) in [6, 6.07) is 12.6. The second-order valence-electron chi connectivity index (χ2n) is 5.74. The largest absolute Gasteiger partial charge is 0.354 e. The first-order valence-corrected chi connectivity index (χ1v) is 7.53. The van der Waals surface area contributed by atoms with Gasteiger partial charge >= 0.3 is 0 Å². The minimum Gasteiger partial charge on any atom is -0.354 e. The number of amides is 1. The van der Waals surface area contributed by atoms with Crippen LogP contribution in [-0.4, -0.2) is 16.9 Å². The first-order chi connectivity index (χ1) is 11.6. The number of nitrogens with zero attached hydrogens (tertiary/aromatic N) is 1. The van der Waals surface area contributed by atoms with E-state index in [0.29, 0.717) is 33.1 Å². The summed E-state index contributed by atoms with van der Waals surface area (Å²) < 4.78 is 0. The Balaban J connectivity index is 1.87. The zero-order valence-corrected chi connectivity index (χ0v) is 12.9. The van der Waals surface area contributed by atoms with E-state index >= 15 is 0 Å². The number of nitrogens with one attached hydrogen (secondary N) is 1. The van der Waals surface area contributed by atoms with Gasteiger partial charge in [-0.3, -0.25) is 14.8 Å². The molecule has 0 spiro atoms. The number of carbonyl (C=O) groups excluding carboxylic acids is 2. The number of rotatable bonds is 1. The van der Waals surface area contributed by atoms with Gasteiger partial charge in [-0.1, -0.05) is 36.4 Å². The molecule has 5 heteroatoms. The Morgan fingerprint density at radius 3 is 2.71 bits per heavy atom. The smallest absolute Gasteiger partial charge is 0.284 e. The van der Waals surface area contributed by atoms with Crippen LogP contribution < -0.4 is 10.4 Å². The van der Waals surface area contributed by atoms with Gasteiger partial charge < -0.3 is 5.32 Å². The lowest BCUT2D eigenvalue weighted by molar-refractivity contribution is -0.117. The number of allylic oxidation sites excluding steroid dienone is 1. The minimum absolute atomic E-state index is 0.121. The van der Waals surface area contributed by atoms with E-state index in [-0.39, 0.29) is 5.78 Å². The lowest BCUT2D eigenvalue weighted by Gasteiger charge is -2.17. The number of ketones is 1. The van der Waals surface area contributed by atoms with Crippen LogP contribution in [0.15, 0.2) is 54.2 Å². The van der Waals surface area contributed by atoms with Crippen LogP contribution in [0.3, 0.4) is 0 Å². The molecule has 2 aliphatic heterocycles. The quantitative estimate of drug-likeness (QED) is 0.480. The van der Waals surface area contributed by atoms with E-state index in [1.54, 1.807) is 12.1 Å². The van der Waals surface area contributed by atoms with Crippen LogP contribution in [0.4, 0.5) is 11.4 Å². The first-order valence-electron chi connectivity index (χ1n) is 7.53.